The van der Waals surface area contributed by atoms with Crippen LogP contribution in [0.4, 0.5) is 0 Å². The second-order valence-electron chi connectivity index (χ2n) is 5.95. The summed E-state index contributed by atoms with van der Waals surface area (Å²) in [5.74, 6) is 0.818. The fourth-order valence-corrected chi connectivity index (χ4v) is 2.92. The Hall–Kier alpha value is -0.930. The number of nitrogens with zero attached hydrogens (tertiary/aromatic N) is 1. The zero-order chi connectivity index (χ0) is 13.7. The highest BCUT2D eigenvalue weighted by molar-refractivity contribution is 5.17. The summed E-state index contributed by atoms with van der Waals surface area (Å²) in [5.41, 5.74) is 1.78. The number of pyridine rings is 1. The molecule has 0 amide bonds. The maximum atomic E-state index is 10.5. The molecule has 3 heteroatoms. The van der Waals surface area contributed by atoms with Gasteiger partial charge in [0.15, 0.2) is 0 Å². The summed E-state index contributed by atoms with van der Waals surface area (Å²) in [6.45, 7) is 5.74. The lowest BCUT2D eigenvalue weighted by atomic mass is 9.78. The van der Waals surface area contributed by atoms with Gasteiger partial charge in [0.05, 0.1) is 11.3 Å². The van der Waals surface area contributed by atoms with E-state index in [0.717, 1.165) is 43.8 Å². The average Bonchev–Trinajstić information content (AvgIpc) is 2.42. The number of aryl methyl sites for hydroxylation is 1. The van der Waals surface area contributed by atoms with Gasteiger partial charge >= 0.3 is 0 Å². The molecule has 1 fully saturated rings. The van der Waals surface area contributed by atoms with Crippen molar-refractivity contribution in [3.63, 3.8) is 0 Å². The fraction of sp³-hybridized carbons (Fsp3) is 0.688. The topological polar surface area (TPSA) is 45.1 Å². The van der Waals surface area contributed by atoms with Crippen LogP contribution < -0.4 is 5.32 Å². The number of hydrogen-bond acceptors (Lipinski definition) is 3. The van der Waals surface area contributed by atoms with Crippen molar-refractivity contribution >= 4 is 0 Å². The molecule has 0 radical (unpaired) electrons. The van der Waals surface area contributed by atoms with Crippen molar-refractivity contribution in [2.45, 2.75) is 58.1 Å². The Morgan fingerprint density at radius 3 is 2.79 bits per heavy atom. The highest BCUT2D eigenvalue weighted by atomic mass is 16.3. The van der Waals surface area contributed by atoms with Crippen LogP contribution in [-0.2, 0) is 6.54 Å². The predicted octanol–water partition coefficient (Wildman–Crippen LogP) is 2.81. The molecular formula is C16H26N2O. The monoisotopic (exact) mass is 262 g/mol. The highest BCUT2D eigenvalue weighted by Crippen LogP contribution is 2.33. The van der Waals surface area contributed by atoms with Gasteiger partial charge < -0.3 is 10.4 Å². The quantitative estimate of drug-likeness (QED) is 0.857. The average molecular weight is 262 g/mol. The summed E-state index contributed by atoms with van der Waals surface area (Å²) >= 11 is 0. The van der Waals surface area contributed by atoms with Crippen LogP contribution in [0.5, 0.6) is 0 Å². The molecule has 1 aliphatic carbocycles. The maximum absolute atomic E-state index is 10.5. The van der Waals surface area contributed by atoms with E-state index in [1.54, 1.807) is 0 Å². The number of hydrogen-bond donors (Lipinski definition) is 2. The zero-order valence-electron chi connectivity index (χ0n) is 12.2. The zero-order valence-corrected chi connectivity index (χ0v) is 12.2. The van der Waals surface area contributed by atoms with Crippen molar-refractivity contribution in [2.24, 2.45) is 5.92 Å². The normalized spacial score (nSPS) is 27.4. The second kappa shape index (κ2) is 6.49. The van der Waals surface area contributed by atoms with E-state index >= 15 is 0 Å². The molecule has 0 bridgehead atoms. The molecule has 1 heterocycles. The van der Waals surface area contributed by atoms with Crippen LogP contribution in [0.25, 0.3) is 0 Å². The fourth-order valence-electron chi connectivity index (χ4n) is 2.92. The molecule has 1 saturated carbocycles. The van der Waals surface area contributed by atoms with Gasteiger partial charge in [-0.3, -0.25) is 4.98 Å². The van der Waals surface area contributed by atoms with E-state index in [9.17, 15) is 5.11 Å². The van der Waals surface area contributed by atoms with E-state index in [1.165, 1.54) is 12.0 Å². The minimum atomic E-state index is -0.506. The second-order valence-corrected chi connectivity index (χ2v) is 5.95. The van der Waals surface area contributed by atoms with Crippen molar-refractivity contribution in [1.29, 1.82) is 0 Å². The summed E-state index contributed by atoms with van der Waals surface area (Å²) in [5, 5.41) is 13.9. The molecule has 0 saturated heterocycles. The largest absolute Gasteiger partial charge is 0.389 e. The minimum Gasteiger partial charge on any atom is -0.389 e. The Kier molecular flexibility index (Phi) is 4.94. The van der Waals surface area contributed by atoms with E-state index in [-0.39, 0.29) is 0 Å². The summed E-state index contributed by atoms with van der Waals surface area (Å²) in [6.07, 6.45) is 7.26. The Balaban J connectivity index is 1.78. The highest BCUT2D eigenvalue weighted by Gasteiger charge is 2.32. The third-order valence-corrected chi connectivity index (χ3v) is 4.48. The van der Waals surface area contributed by atoms with Gasteiger partial charge in [0.2, 0.25) is 0 Å². The van der Waals surface area contributed by atoms with Crippen LogP contribution in [0.15, 0.2) is 18.3 Å². The first kappa shape index (κ1) is 14.5. The van der Waals surface area contributed by atoms with Crippen LogP contribution in [-0.4, -0.2) is 22.2 Å². The van der Waals surface area contributed by atoms with Gasteiger partial charge in [-0.1, -0.05) is 19.4 Å². The molecule has 3 nitrogen and oxygen atoms in total. The Morgan fingerprint density at radius 2 is 2.16 bits per heavy atom. The molecular weight excluding hydrogens is 236 g/mol. The van der Waals surface area contributed by atoms with Gasteiger partial charge in [-0.25, -0.2) is 0 Å². The number of aromatic nitrogens is 1. The van der Waals surface area contributed by atoms with Crippen LogP contribution >= 0.6 is 0 Å². The first-order chi connectivity index (χ1) is 9.13. The van der Waals surface area contributed by atoms with Crippen molar-refractivity contribution in [2.75, 3.05) is 6.54 Å². The van der Waals surface area contributed by atoms with Crippen molar-refractivity contribution in [3.05, 3.63) is 29.6 Å². The molecule has 0 atom stereocenters. The van der Waals surface area contributed by atoms with Gasteiger partial charge in [-0.05, 0) is 50.2 Å². The van der Waals surface area contributed by atoms with Gasteiger partial charge in [0, 0.05) is 19.3 Å². The molecule has 1 aromatic rings. The number of aliphatic hydroxyl groups is 1. The Bertz CT molecular complexity index is 397. The van der Waals surface area contributed by atoms with Crippen molar-refractivity contribution in [3.8, 4) is 0 Å². The van der Waals surface area contributed by atoms with E-state index in [1.807, 2.05) is 12.3 Å². The molecule has 0 unspecified atom stereocenters. The van der Waals surface area contributed by atoms with Gasteiger partial charge in [-0.15, -0.1) is 0 Å². The molecule has 2 rings (SSSR count). The third kappa shape index (κ3) is 4.02. The van der Waals surface area contributed by atoms with Crippen molar-refractivity contribution in [1.82, 2.24) is 10.3 Å². The maximum Gasteiger partial charge on any atom is 0.0771 e. The van der Waals surface area contributed by atoms with Crippen LogP contribution in [0.1, 0.15) is 50.3 Å². The molecule has 0 spiro atoms. The van der Waals surface area contributed by atoms with E-state index < -0.39 is 5.60 Å². The number of rotatable bonds is 5. The summed E-state index contributed by atoms with van der Waals surface area (Å²) in [4.78, 5) is 4.36. The van der Waals surface area contributed by atoms with E-state index in [0.29, 0.717) is 6.54 Å². The smallest absolute Gasteiger partial charge is 0.0771 e. The third-order valence-electron chi connectivity index (χ3n) is 4.48. The van der Waals surface area contributed by atoms with Gasteiger partial charge in [-0.2, -0.15) is 0 Å². The first-order valence-electron chi connectivity index (χ1n) is 7.46. The van der Waals surface area contributed by atoms with Gasteiger partial charge in [0.25, 0.3) is 0 Å². The first-order valence-corrected chi connectivity index (χ1v) is 7.46. The van der Waals surface area contributed by atoms with Crippen molar-refractivity contribution < 1.29 is 5.11 Å². The summed E-state index contributed by atoms with van der Waals surface area (Å²) < 4.78 is 0. The molecule has 1 aliphatic rings. The molecule has 2 N–H and O–H groups in total. The lowest BCUT2D eigenvalue weighted by Gasteiger charge is -2.36. The summed E-state index contributed by atoms with van der Waals surface area (Å²) in [7, 11) is 0. The molecule has 106 valence electrons. The number of nitrogens with one attached hydrogen (secondary N) is 1. The SMILES string of the molecule is CCC1CCC(O)(CNCc2ncccc2C)CC1. The lowest BCUT2D eigenvalue weighted by Crippen LogP contribution is -2.43. The molecule has 1 aromatic heterocycles. The Labute approximate surface area is 116 Å². The van der Waals surface area contributed by atoms with E-state index in [2.05, 4.69) is 30.2 Å². The molecule has 19 heavy (non-hydrogen) atoms. The molecule has 0 aliphatic heterocycles. The van der Waals surface area contributed by atoms with Gasteiger partial charge in [0.1, 0.15) is 0 Å². The van der Waals surface area contributed by atoms with Crippen LogP contribution in [0, 0.1) is 12.8 Å². The van der Waals surface area contributed by atoms with Crippen LogP contribution in [0.2, 0.25) is 0 Å². The summed E-state index contributed by atoms with van der Waals surface area (Å²) in [6, 6.07) is 4.03. The lowest BCUT2D eigenvalue weighted by molar-refractivity contribution is -0.00887. The molecule has 0 aromatic carbocycles. The van der Waals surface area contributed by atoms with E-state index in [4.69, 9.17) is 0 Å². The minimum absolute atomic E-state index is 0.506. The Morgan fingerprint density at radius 1 is 1.42 bits per heavy atom. The predicted molar refractivity (Wildman–Crippen MR) is 77.9 cm³/mol. The standard InChI is InChI=1S/C16H26N2O/c1-3-14-6-8-16(19,9-7-14)12-17-11-15-13(2)5-4-10-18-15/h4-5,10,14,17,19H,3,6-9,11-12H2,1-2H3. The van der Waals surface area contributed by atoms with Crippen LogP contribution in [0.3, 0.4) is 0 Å².